The molecule has 0 aliphatic heterocycles. The van der Waals surface area contributed by atoms with Crippen LogP contribution in [0.4, 0.5) is 17.1 Å². The number of nitrogens with zero attached hydrogens (tertiary/aromatic N) is 1. The highest BCUT2D eigenvalue weighted by Gasteiger charge is 2.37. The van der Waals surface area contributed by atoms with Gasteiger partial charge in [0.1, 0.15) is 0 Å². The van der Waals surface area contributed by atoms with Gasteiger partial charge in [-0.1, -0.05) is 143 Å². The highest BCUT2D eigenvalue weighted by atomic mass is 15.1. The van der Waals surface area contributed by atoms with E-state index < -0.39 is 0 Å². The number of hydrogen-bond donors (Lipinski definition) is 0. The molecule has 0 saturated carbocycles. The van der Waals surface area contributed by atoms with E-state index in [1.165, 1.54) is 77.8 Å². The van der Waals surface area contributed by atoms with E-state index in [1.807, 2.05) is 0 Å². The maximum atomic E-state index is 2.48. The molecule has 47 heavy (non-hydrogen) atoms. The molecule has 0 fully saturated rings. The number of benzene rings is 7. The van der Waals surface area contributed by atoms with Crippen LogP contribution in [-0.4, -0.2) is 0 Å². The summed E-state index contributed by atoms with van der Waals surface area (Å²) in [4.78, 5) is 2.48. The average molecular weight is 604 g/mol. The molecular weight excluding hydrogens is 567 g/mol. The van der Waals surface area contributed by atoms with Gasteiger partial charge in [0.2, 0.25) is 0 Å². The second kappa shape index (κ2) is 10.0. The summed E-state index contributed by atoms with van der Waals surface area (Å²) < 4.78 is 0. The van der Waals surface area contributed by atoms with Crippen LogP contribution < -0.4 is 4.90 Å². The van der Waals surface area contributed by atoms with Gasteiger partial charge >= 0.3 is 0 Å². The van der Waals surface area contributed by atoms with Crippen LogP contribution >= 0.6 is 0 Å². The van der Waals surface area contributed by atoms with Crippen LogP contribution in [0.25, 0.3) is 44.2 Å². The van der Waals surface area contributed by atoms with Crippen molar-refractivity contribution in [1.29, 1.82) is 0 Å². The number of rotatable bonds is 4. The molecule has 0 N–H and O–H groups in total. The molecule has 0 unspecified atom stereocenters. The predicted molar refractivity (Wildman–Crippen MR) is 199 cm³/mol. The van der Waals surface area contributed by atoms with Crippen molar-refractivity contribution in [2.24, 2.45) is 0 Å². The van der Waals surface area contributed by atoms with E-state index in [2.05, 4.69) is 184 Å². The monoisotopic (exact) mass is 603 g/mol. The molecule has 0 amide bonds. The summed E-state index contributed by atoms with van der Waals surface area (Å²) in [5.41, 5.74) is 16.7. The van der Waals surface area contributed by atoms with Crippen LogP contribution in [0.3, 0.4) is 0 Å². The van der Waals surface area contributed by atoms with Crippen molar-refractivity contribution in [2.45, 2.75) is 38.5 Å². The van der Waals surface area contributed by atoms with Crippen LogP contribution in [0.15, 0.2) is 152 Å². The zero-order chi connectivity index (χ0) is 31.9. The second-order valence-corrected chi connectivity index (χ2v) is 14.2. The van der Waals surface area contributed by atoms with E-state index in [4.69, 9.17) is 0 Å². The molecule has 0 saturated heterocycles. The Hall–Kier alpha value is -5.40. The van der Waals surface area contributed by atoms with E-state index >= 15 is 0 Å². The molecule has 0 atom stereocenters. The lowest BCUT2D eigenvalue weighted by molar-refractivity contribution is 0.660. The summed E-state index contributed by atoms with van der Waals surface area (Å²) in [7, 11) is 0. The summed E-state index contributed by atoms with van der Waals surface area (Å²) in [5, 5.41) is 2.51. The predicted octanol–water partition coefficient (Wildman–Crippen LogP) is 12.6. The van der Waals surface area contributed by atoms with Gasteiger partial charge in [0.15, 0.2) is 0 Å². The van der Waals surface area contributed by atoms with E-state index in [9.17, 15) is 0 Å². The zero-order valence-corrected chi connectivity index (χ0v) is 27.4. The lowest BCUT2D eigenvalue weighted by atomic mass is 9.82. The van der Waals surface area contributed by atoms with Crippen LogP contribution in [0.1, 0.15) is 49.9 Å². The first-order chi connectivity index (χ1) is 22.8. The molecule has 0 spiro atoms. The van der Waals surface area contributed by atoms with Gasteiger partial charge in [-0.15, -0.1) is 0 Å². The fourth-order valence-corrected chi connectivity index (χ4v) is 8.38. The Morgan fingerprint density at radius 1 is 0.362 bits per heavy atom. The Balaban J connectivity index is 1.28. The molecule has 7 aromatic carbocycles. The second-order valence-electron chi connectivity index (χ2n) is 14.2. The lowest BCUT2D eigenvalue weighted by Crippen LogP contribution is -2.17. The molecule has 1 heteroatoms. The SMILES string of the molecule is CC1(C)c2ccccc2-c2cc(N(c3ccc4c(c3)C(C)(C)c3ccccc3-4)c3ccccc3-c3ccc4ccccc4c3)ccc21. The van der Waals surface area contributed by atoms with Gasteiger partial charge in [-0.2, -0.15) is 0 Å². The molecule has 9 rings (SSSR count). The molecule has 226 valence electrons. The highest BCUT2D eigenvalue weighted by Crippen LogP contribution is 2.53. The van der Waals surface area contributed by atoms with Gasteiger partial charge < -0.3 is 4.90 Å². The Morgan fingerprint density at radius 2 is 0.894 bits per heavy atom. The molecule has 0 heterocycles. The minimum absolute atomic E-state index is 0.0400. The third kappa shape index (κ3) is 4.09. The maximum Gasteiger partial charge on any atom is 0.0540 e. The van der Waals surface area contributed by atoms with Crippen molar-refractivity contribution in [3.8, 4) is 33.4 Å². The first-order valence-electron chi connectivity index (χ1n) is 16.7. The van der Waals surface area contributed by atoms with Crippen LogP contribution in [0.5, 0.6) is 0 Å². The van der Waals surface area contributed by atoms with Crippen molar-refractivity contribution in [3.05, 3.63) is 174 Å². The molecule has 0 aromatic heterocycles. The van der Waals surface area contributed by atoms with E-state index in [0.29, 0.717) is 0 Å². The topological polar surface area (TPSA) is 3.24 Å². The first-order valence-corrected chi connectivity index (χ1v) is 16.7. The minimum Gasteiger partial charge on any atom is -0.310 e. The fraction of sp³-hybridized carbons (Fsp3) is 0.130. The Morgan fingerprint density at radius 3 is 1.66 bits per heavy atom. The number of anilines is 3. The smallest absolute Gasteiger partial charge is 0.0540 e. The summed E-state index contributed by atoms with van der Waals surface area (Å²) in [6.45, 7) is 9.43. The molecule has 1 nitrogen and oxygen atoms in total. The van der Waals surface area contributed by atoms with E-state index in [1.54, 1.807) is 0 Å². The molecule has 7 aromatic rings. The number of para-hydroxylation sites is 1. The fourth-order valence-electron chi connectivity index (χ4n) is 8.38. The molecular formula is C46H37N. The lowest BCUT2D eigenvalue weighted by Gasteiger charge is -2.30. The third-order valence-corrected chi connectivity index (χ3v) is 10.9. The number of hydrogen-bond acceptors (Lipinski definition) is 1. The molecule has 0 bridgehead atoms. The Kier molecular flexibility index (Phi) is 5.96. The van der Waals surface area contributed by atoms with Crippen molar-refractivity contribution in [2.75, 3.05) is 4.90 Å². The summed E-state index contributed by atoms with van der Waals surface area (Å²) in [6, 6.07) is 56.4. The van der Waals surface area contributed by atoms with Gasteiger partial charge in [-0.25, -0.2) is 0 Å². The Bertz CT molecular complexity index is 2370. The third-order valence-electron chi connectivity index (χ3n) is 10.9. The Labute approximate surface area is 277 Å². The molecule has 2 aliphatic carbocycles. The largest absolute Gasteiger partial charge is 0.310 e. The highest BCUT2D eigenvalue weighted by molar-refractivity contribution is 5.95. The molecule has 0 radical (unpaired) electrons. The van der Waals surface area contributed by atoms with Gasteiger partial charge in [-0.3, -0.25) is 0 Å². The van der Waals surface area contributed by atoms with Crippen LogP contribution in [-0.2, 0) is 10.8 Å². The average Bonchev–Trinajstić information content (AvgIpc) is 3.48. The van der Waals surface area contributed by atoms with Crippen LogP contribution in [0, 0.1) is 0 Å². The van der Waals surface area contributed by atoms with Crippen molar-refractivity contribution in [3.63, 3.8) is 0 Å². The van der Waals surface area contributed by atoms with Crippen molar-refractivity contribution in [1.82, 2.24) is 0 Å². The van der Waals surface area contributed by atoms with Gasteiger partial charge in [0.25, 0.3) is 0 Å². The van der Waals surface area contributed by atoms with E-state index in [-0.39, 0.29) is 10.8 Å². The van der Waals surface area contributed by atoms with Crippen molar-refractivity contribution >= 4 is 27.8 Å². The van der Waals surface area contributed by atoms with Gasteiger partial charge in [0, 0.05) is 27.8 Å². The van der Waals surface area contributed by atoms with E-state index in [0.717, 1.165) is 5.69 Å². The van der Waals surface area contributed by atoms with Crippen molar-refractivity contribution < 1.29 is 0 Å². The standard InChI is InChI=1S/C46H37N/c1-45(2)41-19-11-8-17-37(41)39-28-33(24-26-42(39)45)47(34-23-25-38-36-16-7-10-18-40(36)46(3,4)43(38)29-34)44-20-12-9-15-35(44)32-22-21-30-13-5-6-14-31(30)27-32/h5-29H,1-4H3. The summed E-state index contributed by atoms with van der Waals surface area (Å²) in [6.07, 6.45) is 0. The summed E-state index contributed by atoms with van der Waals surface area (Å²) in [5.74, 6) is 0. The van der Waals surface area contributed by atoms with Crippen LogP contribution in [0.2, 0.25) is 0 Å². The quantitative estimate of drug-likeness (QED) is 0.193. The minimum atomic E-state index is -0.0909. The molecule has 2 aliphatic rings. The summed E-state index contributed by atoms with van der Waals surface area (Å²) >= 11 is 0. The first kappa shape index (κ1) is 27.9. The number of fused-ring (bicyclic) bond motifs is 7. The van der Waals surface area contributed by atoms with Gasteiger partial charge in [0.05, 0.1) is 5.69 Å². The normalized spacial score (nSPS) is 14.7. The van der Waals surface area contributed by atoms with Gasteiger partial charge in [-0.05, 0) is 97.2 Å². The zero-order valence-electron chi connectivity index (χ0n) is 27.4. The maximum absolute atomic E-state index is 2.48.